The lowest BCUT2D eigenvalue weighted by atomic mass is 10.2. The fourth-order valence-electron chi connectivity index (χ4n) is 2.22. The van der Waals surface area contributed by atoms with Gasteiger partial charge in [0.2, 0.25) is 0 Å². The Morgan fingerprint density at radius 3 is 2.54 bits per heavy atom. The summed E-state index contributed by atoms with van der Waals surface area (Å²) < 4.78 is 16.2. The van der Waals surface area contributed by atoms with E-state index in [0.717, 1.165) is 5.56 Å². The average Bonchev–Trinajstić information content (AvgIpc) is 3.09. The summed E-state index contributed by atoms with van der Waals surface area (Å²) in [6.45, 7) is 0.245. The lowest BCUT2D eigenvalue weighted by Crippen LogP contribution is -2.00. The summed E-state index contributed by atoms with van der Waals surface area (Å²) in [6, 6.07) is 12.8. The highest BCUT2D eigenvalue weighted by molar-refractivity contribution is 5.60. The maximum absolute atomic E-state index is 5.84. The van der Waals surface area contributed by atoms with Crippen molar-refractivity contribution in [2.45, 2.75) is 6.61 Å². The number of nitrogens with one attached hydrogen (secondary N) is 1. The van der Waals surface area contributed by atoms with E-state index in [-0.39, 0.29) is 6.61 Å². The van der Waals surface area contributed by atoms with Crippen molar-refractivity contribution >= 4 is 5.69 Å². The number of anilines is 1. The van der Waals surface area contributed by atoms with Gasteiger partial charge in [-0.3, -0.25) is 5.10 Å². The topological polar surface area (TPSA) is 95.3 Å². The van der Waals surface area contributed by atoms with Gasteiger partial charge in [0.05, 0.1) is 19.9 Å². The highest BCUT2D eigenvalue weighted by Crippen LogP contribution is 2.31. The van der Waals surface area contributed by atoms with Gasteiger partial charge in [0.1, 0.15) is 12.4 Å². The number of benzene rings is 2. The van der Waals surface area contributed by atoms with E-state index < -0.39 is 0 Å². The monoisotopic (exact) mass is 326 g/mol. The van der Waals surface area contributed by atoms with Gasteiger partial charge in [-0.1, -0.05) is 12.1 Å². The molecule has 3 aromatic rings. The number of nitrogen functional groups attached to an aromatic ring is 1. The number of aromatic nitrogens is 3. The van der Waals surface area contributed by atoms with E-state index >= 15 is 0 Å². The van der Waals surface area contributed by atoms with E-state index in [1.165, 1.54) is 0 Å². The number of methoxy groups -OCH3 is 2. The number of ether oxygens (including phenoxy) is 3. The first-order valence-electron chi connectivity index (χ1n) is 7.32. The predicted octanol–water partition coefficient (Wildman–Crippen LogP) is 2.65. The minimum atomic E-state index is 0.245. The van der Waals surface area contributed by atoms with Crippen molar-refractivity contribution in [3.63, 3.8) is 0 Å². The molecule has 7 nitrogen and oxygen atoms in total. The minimum Gasteiger partial charge on any atom is -0.493 e. The largest absolute Gasteiger partial charge is 0.493 e. The molecule has 7 heteroatoms. The van der Waals surface area contributed by atoms with Gasteiger partial charge < -0.3 is 19.9 Å². The van der Waals surface area contributed by atoms with Crippen LogP contribution in [0.1, 0.15) is 5.82 Å². The third kappa shape index (κ3) is 3.24. The van der Waals surface area contributed by atoms with E-state index in [1.54, 1.807) is 26.4 Å². The van der Waals surface area contributed by atoms with Crippen molar-refractivity contribution in [1.82, 2.24) is 15.2 Å². The van der Waals surface area contributed by atoms with Crippen molar-refractivity contribution in [2.24, 2.45) is 0 Å². The molecule has 0 saturated carbocycles. The summed E-state index contributed by atoms with van der Waals surface area (Å²) in [4.78, 5) is 4.43. The molecule has 0 atom stereocenters. The van der Waals surface area contributed by atoms with Crippen LogP contribution in [0.2, 0.25) is 0 Å². The third-order valence-corrected chi connectivity index (χ3v) is 3.46. The molecular weight excluding hydrogens is 308 g/mol. The molecule has 0 aliphatic carbocycles. The Morgan fingerprint density at radius 1 is 1.00 bits per heavy atom. The highest BCUT2D eigenvalue weighted by atomic mass is 16.5. The number of rotatable bonds is 6. The molecule has 3 N–H and O–H groups in total. The summed E-state index contributed by atoms with van der Waals surface area (Å²) in [7, 11) is 3.18. The first kappa shape index (κ1) is 15.7. The molecule has 1 aromatic heterocycles. The molecule has 0 amide bonds. The maximum atomic E-state index is 5.84. The van der Waals surface area contributed by atoms with Gasteiger partial charge in [0.15, 0.2) is 23.1 Å². The standard InChI is InChI=1S/C17H18N4O3/c1-22-14-8-7-11(9-15(14)23-2)17-19-16(20-21-17)10-24-13-6-4-3-5-12(13)18/h3-9H,10,18H2,1-2H3,(H,19,20,21). The molecule has 0 fully saturated rings. The molecule has 0 bridgehead atoms. The third-order valence-electron chi connectivity index (χ3n) is 3.46. The molecule has 1 heterocycles. The van der Waals surface area contributed by atoms with E-state index in [9.17, 15) is 0 Å². The number of nitrogens with two attached hydrogens (primary N) is 1. The Hall–Kier alpha value is -3.22. The number of nitrogens with zero attached hydrogens (tertiary/aromatic N) is 2. The summed E-state index contributed by atoms with van der Waals surface area (Å²) in [5.41, 5.74) is 7.24. The Morgan fingerprint density at radius 2 is 1.79 bits per heavy atom. The van der Waals surface area contributed by atoms with Crippen LogP contribution in [0.5, 0.6) is 17.2 Å². The van der Waals surface area contributed by atoms with Gasteiger partial charge in [-0.05, 0) is 30.3 Å². The number of hydrogen-bond acceptors (Lipinski definition) is 6. The Labute approximate surface area is 139 Å². The van der Waals surface area contributed by atoms with E-state index in [4.69, 9.17) is 19.9 Å². The zero-order valence-corrected chi connectivity index (χ0v) is 13.4. The molecule has 24 heavy (non-hydrogen) atoms. The zero-order valence-electron chi connectivity index (χ0n) is 13.4. The predicted molar refractivity (Wildman–Crippen MR) is 90.1 cm³/mol. The summed E-state index contributed by atoms with van der Waals surface area (Å²) in [6.07, 6.45) is 0. The first-order chi connectivity index (χ1) is 11.7. The van der Waals surface area contributed by atoms with E-state index in [0.29, 0.717) is 34.6 Å². The van der Waals surface area contributed by atoms with Crippen LogP contribution in [0, 0.1) is 0 Å². The van der Waals surface area contributed by atoms with Crippen LogP contribution in [0.4, 0.5) is 5.69 Å². The zero-order chi connectivity index (χ0) is 16.9. The van der Waals surface area contributed by atoms with Gasteiger partial charge in [-0.25, -0.2) is 4.98 Å². The number of H-pyrrole nitrogens is 1. The SMILES string of the molecule is COc1ccc(-c2n[nH]c(COc3ccccc3N)n2)cc1OC. The van der Waals surface area contributed by atoms with Crippen LogP contribution in [0.3, 0.4) is 0 Å². The van der Waals surface area contributed by atoms with E-state index in [1.807, 2.05) is 30.3 Å². The van der Waals surface area contributed by atoms with Crippen LogP contribution < -0.4 is 19.9 Å². The van der Waals surface area contributed by atoms with Crippen molar-refractivity contribution < 1.29 is 14.2 Å². The molecule has 2 aromatic carbocycles. The number of hydrogen-bond donors (Lipinski definition) is 2. The number of para-hydroxylation sites is 2. The second kappa shape index (κ2) is 6.91. The Kier molecular flexibility index (Phi) is 4.51. The van der Waals surface area contributed by atoms with Gasteiger partial charge in [-0.2, -0.15) is 5.10 Å². The molecule has 0 saturated heterocycles. The van der Waals surface area contributed by atoms with Crippen molar-refractivity contribution in [1.29, 1.82) is 0 Å². The van der Waals surface area contributed by atoms with Gasteiger partial charge in [0.25, 0.3) is 0 Å². The second-order valence-electron chi connectivity index (χ2n) is 5.00. The summed E-state index contributed by atoms with van der Waals surface area (Å²) in [5.74, 6) is 3.04. The molecule has 0 radical (unpaired) electrons. The summed E-state index contributed by atoms with van der Waals surface area (Å²) >= 11 is 0. The molecule has 0 spiro atoms. The summed E-state index contributed by atoms with van der Waals surface area (Å²) in [5, 5.41) is 7.07. The fourth-order valence-corrected chi connectivity index (χ4v) is 2.22. The molecular formula is C17H18N4O3. The van der Waals surface area contributed by atoms with Gasteiger partial charge >= 0.3 is 0 Å². The van der Waals surface area contributed by atoms with Gasteiger partial charge in [-0.15, -0.1) is 0 Å². The quantitative estimate of drug-likeness (QED) is 0.676. The smallest absolute Gasteiger partial charge is 0.181 e. The normalized spacial score (nSPS) is 10.4. The maximum Gasteiger partial charge on any atom is 0.181 e. The molecule has 0 aliphatic rings. The van der Waals surface area contributed by atoms with Crippen LogP contribution in [0.15, 0.2) is 42.5 Å². The fraction of sp³-hybridized carbons (Fsp3) is 0.176. The van der Waals surface area contributed by atoms with Crippen LogP contribution in [-0.4, -0.2) is 29.4 Å². The van der Waals surface area contributed by atoms with Crippen molar-refractivity contribution in [3.8, 4) is 28.6 Å². The minimum absolute atomic E-state index is 0.245. The Bertz CT molecular complexity index is 832. The highest BCUT2D eigenvalue weighted by Gasteiger charge is 2.11. The van der Waals surface area contributed by atoms with Crippen molar-refractivity contribution in [3.05, 3.63) is 48.3 Å². The molecule has 124 valence electrons. The van der Waals surface area contributed by atoms with Crippen LogP contribution >= 0.6 is 0 Å². The lowest BCUT2D eigenvalue weighted by Gasteiger charge is -2.07. The van der Waals surface area contributed by atoms with E-state index in [2.05, 4.69) is 15.2 Å². The van der Waals surface area contributed by atoms with Crippen LogP contribution in [0.25, 0.3) is 11.4 Å². The number of aromatic amines is 1. The second-order valence-corrected chi connectivity index (χ2v) is 5.00. The molecule has 0 aliphatic heterocycles. The first-order valence-corrected chi connectivity index (χ1v) is 7.32. The Balaban J connectivity index is 1.75. The lowest BCUT2D eigenvalue weighted by molar-refractivity contribution is 0.298. The van der Waals surface area contributed by atoms with Crippen LogP contribution in [-0.2, 0) is 6.61 Å². The molecule has 0 unspecified atom stereocenters. The average molecular weight is 326 g/mol. The van der Waals surface area contributed by atoms with Gasteiger partial charge in [0, 0.05) is 5.56 Å². The van der Waals surface area contributed by atoms with Crippen molar-refractivity contribution in [2.75, 3.05) is 20.0 Å². The molecule has 3 rings (SSSR count).